The van der Waals surface area contributed by atoms with E-state index in [0.717, 1.165) is 23.5 Å². The van der Waals surface area contributed by atoms with E-state index in [2.05, 4.69) is 37.5 Å². The lowest BCUT2D eigenvalue weighted by atomic mass is 9.74. The fourth-order valence-corrected chi connectivity index (χ4v) is 3.37. The van der Waals surface area contributed by atoms with E-state index in [9.17, 15) is 0 Å². The average Bonchev–Trinajstić information content (AvgIpc) is 2.56. The van der Waals surface area contributed by atoms with E-state index in [4.69, 9.17) is 5.84 Å². The Balaban J connectivity index is 2.35. The molecule has 1 fully saturated rings. The van der Waals surface area contributed by atoms with E-state index in [0.29, 0.717) is 12.0 Å². The summed E-state index contributed by atoms with van der Waals surface area (Å²) in [5.41, 5.74) is 0. The molecular weight excluding hydrogens is 224 g/mol. The molecule has 0 aliphatic heterocycles. The number of nitrogen functional groups attached to an aromatic ring is 1. The van der Waals surface area contributed by atoms with Gasteiger partial charge >= 0.3 is 0 Å². The summed E-state index contributed by atoms with van der Waals surface area (Å²) in [6, 6.07) is 0.511. The molecular formula is C14H27N4+. The van der Waals surface area contributed by atoms with Gasteiger partial charge in [0.1, 0.15) is 6.04 Å². The van der Waals surface area contributed by atoms with Gasteiger partial charge in [-0.1, -0.05) is 27.2 Å². The van der Waals surface area contributed by atoms with Gasteiger partial charge in [-0.25, -0.2) is 0 Å². The molecule has 2 N–H and O–H groups in total. The van der Waals surface area contributed by atoms with Crippen molar-refractivity contribution >= 4 is 0 Å². The van der Waals surface area contributed by atoms with Gasteiger partial charge in [0.15, 0.2) is 0 Å². The monoisotopic (exact) mass is 251 g/mol. The van der Waals surface area contributed by atoms with Crippen LogP contribution in [-0.2, 0) is 0 Å². The lowest BCUT2D eigenvalue weighted by Crippen LogP contribution is -2.49. The van der Waals surface area contributed by atoms with Gasteiger partial charge < -0.3 is 0 Å². The highest BCUT2D eigenvalue weighted by Crippen LogP contribution is 2.40. The van der Waals surface area contributed by atoms with Crippen molar-refractivity contribution in [3.63, 3.8) is 0 Å². The van der Waals surface area contributed by atoms with Crippen LogP contribution in [0.2, 0.25) is 0 Å². The first-order valence-electron chi connectivity index (χ1n) is 7.14. The van der Waals surface area contributed by atoms with Crippen molar-refractivity contribution in [3.05, 3.63) is 11.6 Å². The maximum atomic E-state index is 6.00. The lowest BCUT2D eigenvalue weighted by Gasteiger charge is -2.34. The van der Waals surface area contributed by atoms with Crippen molar-refractivity contribution in [2.45, 2.75) is 59.9 Å². The van der Waals surface area contributed by atoms with Crippen LogP contribution in [0.1, 0.15) is 57.7 Å². The zero-order valence-corrected chi connectivity index (χ0v) is 12.3. The van der Waals surface area contributed by atoms with Crippen LogP contribution in [0.5, 0.6) is 0 Å². The molecule has 102 valence electrons. The van der Waals surface area contributed by atoms with Crippen LogP contribution in [0, 0.1) is 31.6 Å². The summed E-state index contributed by atoms with van der Waals surface area (Å²) in [4.78, 5) is 0. The molecule has 0 unspecified atom stereocenters. The zero-order valence-electron chi connectivity index (χ0n) is 12.3. The summed E-state index contributed by atoms with van der Waals surface area (Å²) in [6.07, 6.45) is 3.89. The second kappa shape index (κ2) is 4.90. The van der Waals surface area contributed by atoms with Crippen molar-refractivity contribution in [2.75, 3.05) is 5.84 Å². The molecule has 0 radical (unpaired) electrons. The van der Waals surface area contributed by atoms with E-state index in [1.165, 1.54) is 19.3 Å². The Labute approximate surface area is 110 Å². The standard InChI is InChI=1S/C14H27N4/c1-9(2)13-7-6-10(3)8-14(13)18-12(5)17(15)11(4)16-18/h9-10,13-14H,6-8,15H2,1-5H3/q+1/t10-,13-,14+/m0/s1. The molecule has 4 nitrogen and oxygen atoms in total. The second-order valence-corrected chi connectivity index (χ2v) is 6.30. The Morgan fingerprint density at radius 2 is 2.00 bits per heavy atom. The molecule has 0 aromatic carbocycles. The summed E-state index contributed by atoms with van der Waals surface area (Å²) in [7, 11) is 0. The van der Waals surface area contributed by atoms with Crippen molar-refractivity contribution in [3.8, 4) is 0 Å². The fraction of sp³-hybridized carbons (Fsp3) is 0.857. The molecule has 1 aliphatic rings. The topological polar surface area (TPSA) is 47.7 Å². The number of hydrogen-bond donors (Lipinski definition) is 1. The highest BCUT2D eigenvalue weighted by atomic mass is 15.5. The highest BCUT2D eigenvalue weighted by Gasteiger charge is 2.38. The molecule has 0 saturated heterocycles. The number of aromatic nitrogens is 3. The van der Waals surface area contributed by atoms with Crippen molar-refractivity contribution in [1.82, 2.24) is 9.78 Å². The van der Waals surface area contributed by atoms with Crippen LogP contribution in [0.25, 0.3) is 0 Å². The van der Waals surface area contributed by atoms with Gasteiger partial charge in [-0.05, 0) is 30.6 Å². The first kappa shape index (κ1) is 13.4. The molecule has 1 saturated carbocycles. The van der Waals surface area contributed by atoms with Gasteiger partial charge in [-0.2, -0.15) is 0 Å². The Morgan fingerprint density at radius 1 is 1.33 bits per heavy atom. The average molecular weight is 251 g/mol. The zero-order chi connectivity index (χ0) is 13.4. The van der Waals surface area contributed by atoms with Gasteiger partial charge in [-0.3, -0.25) is 5.84 Å². The summed E-state index contributed by atoms with van der Waals surface area (Å²) in [6.45, 7) is 11.0. The Morgan fingerprint density at radius 3 is 2.50 bits per heavy atom. The minimum Gasteiger partial charge on any atom is -0.289 e. The minimum atomic E-state index is 0.511. The van der Waals surface area contributed by atoms with Crippen LogP contribution in [0.3, 0.4) is 0 Å². The summed E-state index contributed by atoms with van der Waals surface area (Å²) in [5, 5.41) is 4.66. The number of nitrogens with two attached hydrogens (primary N) is 1. The predicted molar refractivity (Wildman–Crippen MR) is 72.4 cm³/mol. The molecule has 1 heterocycles. The predicted octanol–water partition coefficient (Wildman–Crippen LogP) is 2.13. The van der Waals surface area contributed by atoms with E-state index < -0.39 is 0 Å². The maximum Gasteiger partial charge on any atom is 0.295 e. The van der Waals surface area contributed by atoms with Gasteiger partial charge in [0.05, 0.1) is 0 Å². The Kier molecular flexibility index (Phi) is 3.64. The first-order chi connectivity index (χ1) is 8.41. The third-order valence-corrected chi connectivity index (χ3v) is 4.58. The number of nitrogens with zero attached hydrogens (tertiary/aromatic N) is 3. The molecule has 0 bridgehead atoms. The summed E-state index contributed by atoms with van der Waals surface area (Å²) < 4.78 is 3.88. The molecule has 3 atom stereocenters. The third kappa shape index (κ3) is 2.25. The van der Waals surface area contributed by atoms with Crippen LogP contribution in [0.15, 0.2) is 0 Å². The number of aryl methyl sites for hydroxylation is 1. The molecule has 2 rings (SSSR count). The summed E-state index contributed by atoms with van der Waals surface area (Å²) in [5.74, 6) is 10.2. The normalized spacial score (nSPS) is 28.9. The van der Waals surface area contributed by atoms with Crippen molar-refractivity contribution in [1.29, 1.82) is 0 Å². The third-order valence-electron chi connectivity index (χ3n) is 4.58. The SMILES string of the molecule is Cc1nn([C@@H]2C[C@@H](C)CC[C@H]2C(C)C)c(C)[n+]1N. The first-order valence-corrected chi connectivity index (χ1v) is 7.14. The number of rotatable bonds is 2. The van der Waals surface area contributed by atoms with Crippen LogP contribution >= 0.6 is 0 Å². The van der Waals surface area contributed by atoms with Crippen LogP contribution in [-0.4, -0.2) is 9.78 Å². The highest BCUT2D eigenvalue weighted by molar-refractivity contribution is 4.89. The molecule has 18 heavy (non-hydrogen) atoms. The number of hydrogen-bond acceptors (Lipinski definition) is 2. The Bertz CT molecular complexity index is 422. The maximum absolute atomic E-state index is 6.00. The van der Waals surface area contributed by atoms with Gasteiger partial charge in [0.25, 0.3) is 11.6 Å². The van der Waals surface area contributed by atoms with Crippen molar-refractivity contribution < 1.29 is 4.68 Å². The van der Waals surface area contributed by atoms with E-state index >= 15 is 0 Å². The lowest BCUT2D eigenvalue weighted by molar-refractivity contribution is -0.652. The van der Waals surface area contributed by atoms with E-state index in [1.807, 2.05) is 6.92 Å². The molecule has 4 heteroatoms. The molecule has 1 aromatic rings. The summed E-state index contributed by atoms with van der Waals surface area (Å²) >= 11 is 0. The van der Waals surface area contributed by atoms with Gasteiger partial charge in [0.2, 0.25) is 0 Å². The quantitative estimate of drug-likeness (QED) is 0.646. The van der Waals surface area contributed by atoms with Crippen molar-refractivity contribution in [2.24, 2.45) is 17.8 Å². The molecule has 0 spiro atoms. The van der Waals surface area contributed by atoms with E-state index in [-0.39, 0.29) is 0 Å². The molecule has 0 amide bonds. The van der Waals surface area contributed by atoms with Gasteiger partial charge in [0, 0.05) is 18.9 Å². The smallest absolute Gasteiger partial charge is 0.289 e. The minimum absolute atomic E-state index is 0.511. The van der Waals surface area contributed by atoms with Crippen LogP contribution in [0.4, 0.5) is 0 Å². The van der Waals surface area contributed by atoms with Gasteiger partial charge in [-0.15, -0.1) is 9.36 Å². The largest absolute Gasteiger partial charge is 0.295 e. The fourth-order valence-electron chi connectivity index (χ4n) is 3.37. The molecule has 1 aromatic heterocycles. The second-order valence-electron chi connectivity index (χ2n) is 6.30. The van der Waals surface area contributed by atoms with Crippen LogP contribution < -0.4 is 10.5 Å². The molecule has 1 aliphatic carbocycles. The Hall–Kier alpha value is -1.06. The van der Waals surface area contributed by atoms with E-state index in [1.54, 1.807) is 4.68 Å².